The standard InChI is InChI=1S/C31H25NO7/c1-35-25-19-28(37-3)27(36-2)16-20(25)17-29-30(33)24-15-14-23(18-26(24)39-29)38-31(34)32(21-10-6-4-7-11-21)22-12-8-5-9-13-22/h4-19H,1-3H3/b29-17-. The van der Waals surface area contributed by atoms with E-state index in [1.807, 2.05) is 60.7 Å². The van der Waals surface area contributed by atoms with Gasteiger partial charge < -0.3 is 23.7 Å². The maximum atomic E-state index is 13.3. The van der Waals surface area contributed by atoms with E-state index in [2.05, 4.69) is 0 Å². The fourth-order valence-corrected chi connectivity index (χ4v) is 4.20. The number of hydrogen-bond acceptors (Lipinski definition) is 7. The van der Waals surface area contributed by atoms with Gasteiger partial charge in [-0.05, 0) is 48.5 Å². The van der Waals surface area contributed by atoms with E-state index >= 15 is 0 Å². The van der Waals surface area contributed by atoms with Crippen LogP contribution < -0.4 is 28.6 Å². The Balaban J connectivity index is 1.42. The first-order chi connectivity index (χ1) is 19.0. The van der Waals surface area contributed by atoms with Crippen LogP contribution in [0.5, 0.6) is 28.7 Å². The van der Waals surface area contributed by atoms with Gasteiger partial charge >= 0.3 is 6.09 Å². The molecule has 0 aliphatic carbocycles. The molecular weight excluding hydrogens is 498 g/mol. The van der Waals surface area contributed by atoms with E-state index in [0.29, 0.717) is 39.8 Å². The molecular formula is C31H25NO7. The summed E-state index contributed by atoms with van der Waals surface area (Å²) in [4.78, 5) is 27.9. The van der Waals surface area contributed by atoms with E-state index in [-0.39, 0.29) is 23.0 Å². The Morgan fingerprint density at radius 2 is 1.33 bits per heavy atom. The molecule has 0 saturated carbocycles. The molecule has 8 heteroatoms. The number of fused-ring (bicyclic) bond motifs is 1. The molecule has 5 rings (SSSR count). The molecule has 1 heterocycles. The average Bonchev–Trinajstić information content (AvgIpc) is 3.27. The molecule has 0 fully saturated rings. The quantitative estimate of drug-likeness (QED) is 0.250. The Bertz CT molecular complexity index is 1510. The number of carbonyl (C=O) groups excluding carboxylic acids is 2. The minimum absolute atomic E-state index is 0.0918. The van der Waals surface area contributed by atoms with Crippen molar-refractivity contribution in [3.63, 3.8) is 0 Å². The highest BCUT2D eigenvalue weighted by atomic mass is 16.6. The molecule has 0 saturated heterocycles. The largest absolute Gasteiger partial charge is 0.496 e. The van der Waals surface area contributed by atoms with Gasteiger partial charge in [0.15, 0.2) is 17.3 Å². The summed E-state index contributed by atoms with van der Waals surface area (Å²) in [5.74, 6) is 1.73. The van der Waals surface area contributed by atoms with Crippen LogP contribution in [0.2, 0.25) is 0 Å². The summed E-state index contributed by atoms with van der Waals surface area (Å²) < 4.78 is 27.8. The Hall–Kier alpha value is -5.24. The molecule has 1 aliphatic rings. The first-order valence-corrected chi connectivity index (χ1v) is 12.0. The number of carbonyl (C=O) groups is 2. The van der Waals surface area contributed by atoms with Crippen molar-refractivity contribution < 1.29 is 33.3 Å². The van der Waals surface area contributed by atoms with Gasteiger partial charge in [0.1, 0.15) is 17.2 Å². The summed E-state index contributed by atoms with van der Waals surface area (Å²) in [5, 5.41) is 0. The van der Waals surface area contributed by atoms with E-state index in [9.17, 15) is 9.59 Å². The van der Waals surface area contributed by atoms with Gasteiger partial charge in [0.25, 0.3) is 0 Å². The number of ether oxygens (including phenoxy) is 5. The van der Waals surface area contributed by atoms with Crippen LogP contribution in [0.4, 0.5) is 16.2 Å². The number of amides is 1. The predicted octanol–water partition coefficient (Wildman–Crippen LogP) is 6.67. The molecule has 0 spiro atoms. The molecule has 0 N–H and O–H groups in total. The first-order valence-electron chi connectivity index (χ1n) is 12.0. The number of allylic oxidation sites excluding steroid dienone is 1. The average molecular weight is 524 g/mol. The number of benzene rings is 4. The van der Waals surface area contributed by atoms with Crippen LogP contribution >= 0.6 is 0 Å². The molecule has 8 nitrogen and oxygen atoms in total. The zero-order chi connectivity index (χ0) is 27.4. The lowest BCUT2D eigenvalue weighted by Gasteiger charge is -2.22. The van der Waals surface area contributed by atoms with E-state index in [0.717, 1.165) is 0 Å². The molecule has 0 bridgehead atoms. The summed E-state index contributed by atoms with van der Waals surface area (Å²) >= 11 is 0. The van der Waals surface area contributed by atoms with Crippen LogP contribution in [0.3, 0.4) is 0 Å². The second-order valence-corrected chi connectivity index (χ2v) is 8.42. The van der Waals surface area contributed by atoms with Crippen molar-refractivity contribution in [1.29, 1.82) is 0 Å². The zero-order valence-corrected chi connectivity index (χ0v) is 21.5. The highest BCUT2D eigenvalue weighted by molar-refractivity contribution is 6.14. The van der Waals surface area contributed by atoms with Gasteiger partial charge in [-0.1, -0.05) is 36.4 Å². The summed E-state index contributed by atoms with van der Waals surface area (Å²) in [6, 6.07) is 26.4. The van der Waals surface area contributed by atoms with Gasteiger partial charge in [0, 0.05) is 17.7 Å². The second-order valence-electron chi connectivity index (χ2n) is 8.42. The molecule has 39 heavy (non-hydrogen) atoms. The Kier molecular flexibility index (Phi) is 7.18. The van der Waals surface area contributed by atoms with Crippen molar-refractivity contribution in [3.05, 3.63) is 108 Å². The molecule has 0 radical (unpaired) electrons. The van der Waals surface area contributed by atoms with Crippen LogP contribution in [0.25, 0.3) is 6.08 Å². The van der Waals surface area contributed by atoms with Crippen LogP contribution in [0.15, 0.2) is 96.8 Å². The van der Waals surface area contributed by atoms with Crippen molar-refractivity contribution >= 4 is 29.3 Å². The topological polar surface area (TPSA) is 83.5 Å². The van der Waals surface area contributed by atoms with Gasteiger partial charge in [-0.25, -0.2) is 9.69 Å². The minimum Gasteiger partial charge on any atom is -0.496 e. The second kappa shape index (κ2) is 11.0. The van der Waals surface area contributed by atoms with Gasteiger partial charge in [-0.2, -0.15) is 0 Å². The molecule has 4 aromatic rings. The number of rotatable bonds is 7. The maximum Gasteiger partial charge on any atom is 0.424 e. The number of Topliss-reactive ketones (excluding diaryl/α,β-unsaturated/α-hetero) is 1. The molecule has 0 atom stereocenters. The molecule has 0 aromatic heterocycles. The third kappa shape index (κ3) is 5.13. The summed E-state index contributed by atoms with van der Waals surface area (Å²) in [5.41, 5.74) is 2.22. The lowest BCUT2D eigenvalue weighted by molar-refractivity contribution is 0.101. The summed E-state index contributed by atoms with van der Waals surface area (Å²) in [6.07, 6.45) is 0.962. The van der Waals surface area contributed by atoms with Crippen molar-refractivity contribution in [3.8, 4) is 28.7 Å². The Labute approximate surface area is 225 Å². The number of methoxy groups -OCH3 is 3. The molecule has 1 aliphatic heterocycles. The molecule has 1 amide bonds. The van der Waals surface area contributed by atoms with E-state index < -0.39 is 6.09 Å². The normalized spacial score (nSPS) is 12.9. The maximum absolute atomic E-state index is 13.3. The van der Waals surface area contributed by atoms with E-state index in [4.69, 9.17) is 23.7 Å². The Morgan fingerprint density at radius 3 is 1.92 bits per heavy atom. The van der Waals surface area contributed by atoms with E-state index in [1.54, 1.807) is 30.3 Å². The first kappa shape index (κ1) is 25.4. The van der Waals surface area contributed by atoms with Crippen molar-refractivity contribution in [2.24, 2.45) is 0 Å². The van der Waals surface area contributed by atoms with Crippen molar-refractivity contribution in [2.45, 2.75) is 0 Å². The van der Waals surface area contributed by atoms with Crippen molar-refractivity contribution in [2.75, 3.05) is 26.2 Å². The number of ketones is 1. The van der Waals surface area contributed by atoms with Gasteiger partial charge in [-0.3, -0.25) is 4.79 Å². The lowest BCUT2D eigenvalue weighted by Crippen LogP contribution is -2.29. The lowest BCUT2D eigenvalue weighted by atomic mass is 10.1. The van der Waals surface area contributed by atoms with Crippen LogP contribution in [0.1, 0.15) is 15.9 Å². The smallest absolute Gasteiger partial charge is 0.424 e. The number of hydrogen-bond donors (Lipinski definition) is 0. The highest BCUT2D eigenvalue weighted by Gasteiger charge is 2.29. The third-order valence-corrected chi connectivity index (χ3v) is 6.08. The highest BCUT2D eigenvalue weighted by Crippen LogP contribution is 2.39. The van der Waals surface area contributed by atoms with Crippen LogP contribution in [-0.2, 0) is 0 Å². The monoisotopic (exact) mass is 523 g/mol. The number of anilines is 2. The Morgan fingerprint density at radius 1 is 0.744 bits per heavy atom. The van der Waals surface area contributed by atoms with E-state index in [1.165, 1.54) is 32.3 Å². The molecule has 0 unspecified atom stereocenters. The predicted molar refractivity (Wildman–Crippen MR) is 147 cm³/mol. The summed E-state index contributed by atoms with van der Waals surface area (Å²) in [7, 11) is 4.57. The third-order valence-electron chi connectivity index (χ3n) is 6.08. The van der Waals surface area contributed by atoms with Gasteiger partial charge in [0.2, 0.25) is 5.78 Å². The van der Waals surface area contributed by atoms with Crippen molar-refractivity contribution in [1.82, 2.24) is 0 Å². The summed E-state index contributed by atoms with van der Waals surface area (Å²) in [6.45, 7) is 0. The van der Waals surface area contributed by atoms with Crippen LogP contribution in [0, 0.1) is 0 Å². The van der Waals surface area contributed by atoms with Gasteiger partial charge in [0.05, 0.1) is 38.3 Å². The zero-order valence-electron chi connectivity index (χ0n) is 21.5. The fourth-order valence-electron chi connectivity index (χ4n) is 4.20. The number of para-hydroxylation sites is 2. The fraction of sp³-hybridized carbons (Fsp3) is 0.0968. The molecule has 4 aromatic carbocycles. The minimum atomic E-state index is -0.609. The SMILES string of the molecule is COc1cc(OC)c(OC)cc1/C=C1\Oc2cc(OC(=O)N(c3ccccc3)c3ccccc3)ccc2C1=O. The van der Waals surface area contributed by atoms with Crippen LogP contribution in [-0.4, -0.2) is 33.2 Å². The molecule has 196 valence electrons. The number of nitrogens with zero attached hydrogens (tertiary/aromatic N) is 1. The van der Waals surface area contributed by atoms with Gasteiger partial charge in [-0.15, -0.1) is 0 Å².